The van der Waals surface area contributed by atoms with Crippen LogP contribution in [-0.2, 0) is 9.53 Å². The van der Waals surface area contributed by atoms with Gasteiger partial charge in [-0.15, -0.1) is 0 Å². The fourth-order valence-electron chi connectivity index (χ4n) is 1.77. The molecule has 0 spiro atoms. The molecular formula is C14H26FNO2. The van der Waals surface area contributed by atoms with Crippen molar-refractivity contribution in [3.8, 4) is 0 Å². The first-order valence-corrected chi connectivity index (χ1v) is 6.42. The first kappa shape index (κ1) is 16.9. The van der Waals surface area contributed by atoms with E-state index >= 15 is 0 Å². The third-order valence-electron chi connectivity index (χ3n) is 2.86. The number of ketones is 1. The van der Waals surface area contributed by atoms with Gasteiger partial charge in [0.15, 0.2) is 11.7 Å². The molecule has 1 aliphatic rings. The van der Waals surface area contributed by atoms with E-state index < -0.39 is 17.5 Å². The van der Waals surface area contributed by atoms with Crippen molar-refractivity contribution in [1.29, 1.82) is 0 Å². The highest BCUT2D eigenvalue weighted by molar-refractivity contribution is 5.87. The zero-order chi connectivity index (χ0) is 14.7. The van der Waals surface area contributed by atoms with Gasteiger partial charge in [0.05, 0.1) is 12.6 Å². The number of nitrogens with zero attached hydrogens (tertiary/aromatic N) is 1. The van der Waals surface area contributed by atoms with Crippen molar-refractivity contribution < 1.29 is 13.9 Å². The van der Waals surface area contributed by atoms with Gasteiger partial charge in [-0.2, -0.15) is 0 Å². The van der Waals surface area contributed by atoms with E-state index in [1.54, 1.807) is 11.8 Å². The first-order valence-electron chi connectivity index (χ1n) is 6.42. The van der Waals surface area contributed by atoms with Crippen molar-refractivity contribution in [1.82, 2.24) is 4.90 Å². The van der Waals surface area contributed by atoms with Gasteiger partial charge in [-0.25, -0.2) is 4.39 Å². The number of carbonyl (C=O) groups excluding carboxylic acids is 1. The summed E-state index contributed by atoms with van der Waals surface area (Å²) in [5.41, 5.74) is -2.11. The summed E-state index contributed by atoms with van der Waals surface area (Å²) in [7, 11) is 0. The Balaban J connectivity index is 0.00000137. The zero-order valence-electron chi connectivity index (χ0n) is 12.6. The number of hydrogen-bond acceptors (Lipinski definition) is 3. The van der Waals surface area contributed by atoms with Crippen LogP contribution in [-0.4, -0.2) is 34.5 Å². The summed E-state index contributed by atoms with van der Waals surface area (Å²) in [6, 6.07) is -0.500. The second-order valence-electron chi connectivity index (χ2n) is 5.33. The third-order valence-corrected chi connectivity index (χ3v) is 2.86. The Morgan fingerprint density at radius 2 is 1.89 bits per heavy atom. The van der Waals surface area contributed by atoms with Crippen LogP contribution in [0.4, 0.5) is 4.39 Å². The highest BCUT2D eigenvalue weighted by atomic mass is 19.1. The van der Waals surface area contributed by atoms with E-state index in [1.807, 2.05) is 34.6 Å². The number of hydrogen-bond donors (Lipinski definition) is 0. The summed E-state index contributed by atoms with van der Waals surface area (Å²) in [5.74, 6) is -0.00525. The maximum atomic E-state index is 14.0. The van der Waals surface area contributed by atoms with E-state index in [1.165, 1.54) is 6.92 Å². The quantitative estimate of drug-likeness (QED) is 0.728. The zero-order valence-corrected chi connectivity index (χ0v) is 12.6. The van der Waals surface area contributed by atoms with Crippen LogP contribution in [0.5, 0.6) is 0 Å². The number of rotatable bonds is 3. The molecule has 0 saturated carbocycles. The molecule has 0 aliphatic carbocycles. The first-order chi connectivity index (χ1) is 8.08. The standard InChI is InChI=1S/C12H20FNO2.C2H6/c1-8-12(13,9(2)15)7-14(8)10(3)16-11(4,5)6;1-2/h8H,3,7H2,1-2,4-6H3;1-2H3. The minimum absolute atomic E-state index is 0.0401. The summed E-state index contributed by atoms with van der Waals surface area (Å²) in [5, 5.41) is 0. The Morgan fingerprint density at radius 1 is 1.44 bits per heavy atom. The van der Waals surface area contributed by atoms with Gasteiger partial charge in [-0.3, -0.25) is 4.79 Å². The molecule has 0 aromatic carbocycles. The maximum absolute atomic E-state index is 14.0. The number of Topliss-reactive ketones (excluding diaryl/α,β-unsaturated/α-hetero) is 1. The minimum atomic E-state index is -1.75. The van der Waals surface area contributed by atoms with Crippen LogP contribution >= 0.6 is 0 Å². The van der Waals surface area contributed by atoms with Crippen molar-refractivity contribution in [2.45, 2.75) is 65.8 Å². The molecule has 1 saturated heterocycles. The van der Waals surface area contributed by atoms with Gasteiger partial charge in [-0.05, 0) is 41.2 Å². The molecular weight excluding hydrogens is 233 g/mol. The van der Waals surface area contributed by atoms with Crippen molar-refractivity contribution in [2.24, 2.45) is 0 Å². The normalized spacial score (nSPS) is 26.7. The van der Waals surface area contributed by atoms with E-state index in [9.17, 15) is 9.18 Å². The van der Waals surface area contributed by atoms with Gasteiger partial charge < -0.3 is 9.64 Å². The Hall–Kier alpha value is -1.06. The minimum Gasteiger partial charge on any atom is -0.474 e. The summed E-state index contributed by atoms with van der Waals surface area (Å²) in [6.45, 7) is 16.4. The predicted octanol–water partition coefficient (Wildman–Crippen LogP) is 3.30. The summed E-state index contributed by atoms with van der Waals surface area (Å²) >= 11 is 0. The largest absolute Gasteiger partial charge is 0.474 e. The molecule has 1 heterocycles. The molecule has 1 rings (SSSR count). The van der Waals surface area contributed by atoms with Crippen LogP contribution in [0.3, 0.4) is 0 Å². The van der Waals surface area contributed by atoms with E-state index in [0.717, 1.165) is 0 Å². The van der Waals surface area contributed by atoms with Crippen LogP contribution in [0.2, 0.25) is 0 Å². The van der Waals surface area contributed by atoms with Crippen molar-refractivity contribution in [2.75, 3.05) is 6.54 Å². The molecule has 0 aromatic heterocycles. The van der Waals surface area contributed by atoms with E-state index in [2.05, 4.69) is 6.58 Å². The molecule has 18 heavy (non-hydrogen) atoms. The Kier molecular flexibility index (Phi) is 5.38. The molecule has 0 N–H and O–H groups in total. The van der Waals surface area contributed by atoms with E-state index in [-0.39, 0.29) is 12.1 Å². The molecule has 0 radical (unpaired) electrons. The Morgan fingerprint density at radius 3 is 2.17 bits per heavy atom. The lowest BCUT2D eigenvalue weighted by Crippen LogP contribution is -2.68. The van der Waals surface area contributed by atoms with Gasteiger partial charge in [0.2, 0.25) is 5.67 Å². The van der Waals surface area contributed by atoms with Crippen molar-refractivity contribution >= 4 is 5.78 Å². The van der Waals surface area contributed by atoms with Gasteiger partial charge in [0.25, 0.3) is 0 Å². The highest BCUT2D eigenvalue weighted by Crippen LogP contribution is 2.37. The number of alkyl halides is 1. The molecule has 2 atom stereocenters. The van der Waals surface area contributed by atoms with Crippen LogP contribution in [0, 0.1) is 0 Å². The van der Waals surface area contributed by atoms with Crippen LogP contribution < -0.4 is 0 Å². The summed E-state index contributed by atoms with van der Waals surface area (Å²) in [6.07, 6.45) is 0. The van der Waals surface area contributed by atoms with Crippen LogP contribution in [0.25, 0.3) is 0 Å². The third kappa shape index (κ3) is 3.47. The molecule has 0 amide bonds. The lowest BCUT2D eigenvalue weighted by Gasteiger charge is -2.51. The van der Waals surface area contributed by atoms with E-state index in [4.69, 9.17) is 4.74 Å². The van der Waals surface area contributed by atoms with Crippen LogP contribution in [0.15, 0.2) is 12.5 Å². The van der Waals surface area contributed by atoms with Gasteiger partial charge >= 0.3 is 0 Å². The average Bonchev–Trinajstić information content (AvgIpc) is 2.24. The molecule has 2 unspecified atom stereocenters. The summed E-state index contributed by atoms with van der Waals surface area (Å²) < 4.78 is 19.5. The van der Waals surface area contributed by atoms with Crippen molar-refractivity contribution in [3.05, 3.63) is 12.5 Å². The molecule has 1 aliphatic heterocycles. The summed E-state index contributed by atoms with van der Waals surface area (Å²) in [4.78, 5) is 12.8. The SMILES string of the molecule is C=C(OC(C)(C)C)N1CC(F)(C(C)=O)C1C.CC. The molecule has 1 fully saturated rings. The smallest absolute Gasteiger partial charge is 0.205 e. The monoisotopic (exact) mass is 259 g/mol. The average molecular weight is 259 g/mol. The number of halogens is 1. The predicted molar refractivity (Wildman–Crippen MR) is 72.0 cm³/mol. The fourth-order valence-corrected chi connectivity index (χ4v) is 1.77. The number of ether oxygens (including phenoxy) is 1. The molecule has 0 aromatic rings. The van der Waals surface area contributed by atoms with Gasteiger partial charge in [0, 0.05) is 0 Å². The number of carbonyl (C=O) groups is 1. The molecule has 106 valence electrons. The lowest BCUT2D eigenvalue weighted by atomic mass is 9.83. The topological polar surface area (TPSA) is 29.5 Å². The second-order valence-corrected chi connectivity index (χ2v) is 5.33. The van der Waals surface area contributed by atoms with Crippen molar-refractivity contribution in [3.63, 3.8) is 0 Å². The Bertz CT molecular complexity index is 322. The molecule has 4 heteroatoms. The molecule has 3 nitrogen and oxygen atoms in total. The molecule has 0 bridgehead atoms. The van der Waals surface area contributed by atoms with Gasteiger partial charge in [-0.1, -0.05) is 13.8 Å². The lowest BCUT2D eigenvalue weighted by molar-refractivity contribution is -0.155. The van der Waals surface area contributed by atoms with E-state index in [0.29, 0.717) is 5.88 Å². The Labute approximate surface area is 110 Å². The maximum Gasteiger partial charge on any atom is 0.205 e. The highest BCUT2D eigenvalue weighted by Gasteiger charge is 2.55. The number of likely N-dealkylation sites (tertiary alicyclic amines) is 1. The fraction of sp³-hybridized carbons (Fsp3) is 0.786. The van der Waals surface area contributed by atoms with Gasteiger partial charge in [0.1, 0.15) is 5.60 Å². The second kappa shape index (κ2) is 5.72. The van der Waals surface area contributed by atoms with Crippen LogP contribution in [0.1, 0.15) is 48.5 Å².